The number of amides is 1. The number of halogens is 1. The van der Waals surface area contributed by atoms with E-state index in [-0.39, 0.29) is 23.3 Å². The summed E-state index contributed by atoms with van der Waals surface area (Å²) < 4.78 is 21.7. The molecule has 0 aromatic heterocycles. The first-order valence-electron chi connectivity index (χ1n) is 9.93. The van der Waals surface area contributed by atoms with Crippen molar-refractivity contribution >= 4 is 56.9 Å². The van der Waals surface area contributed by atoms with E-state index in [0.717, 1.165) is 0 Å². The van der Waals surface area contributed by atoms with Gasteiger partial charge in [-0.3, -0.25) is 14.5 Å². The molecule has 1 amide bonds. The fourth-order valence-corrected chi connectivity index (χ4v) is 4.18. The van der Waals surface area contributed by atoms with Crippen molar-refractivity contribution in [3.8, 4) is 17.2 Å². The zero-order valence-corrected chi connectivity index (χ0v) is 21.0. The Bertz CT molecular complexity index is 1100. The molecule has 0 N–H and O–H groups in total. The zero-order valence-electron chi connectivity index (χ0n) is 18.6. The number of hydrogen-bond donors (Lipinski definition) is 0. The number of ether oxygens (including phenoxy) is 4. The molecule has 1 aliphatic heterocycles. The number of benzene rings is 2. The van der Waals surface area contributed by atoms with Crippen LogP contribution < -0.4 is 19.1 Å². The summed E-state index contributed by atoms with van der Waals surface area (Å²) in [7, 11) is 4.37. The summed E-state index contributed by atoms with van der Waals surface area (Å²) in [6.45, 7) is 2.12. The highest BCUT2D eigenvalue weighted by Crippen LogP contribution is 2.38. The minimum absolute atomic E-state index is 0.166. The van der Waals surface area contributed by atoms with Crippen molar-refractivity contribution in [2.24, 2.45) is 0 Å². The average molecular weight is 535 g/mol. The van der Waals surface area contributed by atoms with Gasteiger partial charge in [0, 0.05) is 0 Å². The fourth-order valence-electron chi connectivity index (χ4n) is 3.25. The molecule has 2 aromatic rings. The van der Waals surface area contributed by atoms with E-state index >= 15 is 0 Å². The van der Waals surface area contributed by atoms with E-state index in [4.69, 9.17) is 31.2 Å². The Kier molecular flexibility index (Phi) is 7.93. The molecule has 174 valence electrons. The number of thiocarbonyl (C=S) groups is 1. The van der Waals surface area contributed by atoms with Crippen LogP contribution in [0.4, 0.5) is 5.69 Å². The predicted molar refractivity (Wildman–Crippen MR) is 132 cm³/mol. The minimum Gasteiger partial charge on any atom is -0.497 e. The fraction of sp³-hybridized carbons (Fsp3) is 0.261. The van der Waals surface area contributed by atoms with E-state index in [2.05, 4.69) is 15.9 Å². The highest BCUT2D eigenvalue weighted by Gasteiger charge is 2.40. The normalized spacial score (nSPS) is 14.6. The molecule has 1 heterocycles. The molecule has 10 heteroatoms. The van der Waals surface area contributed by atoms with Crippen molar-refractivity contribution < 1.29 is 28.5 Å². The Morgan fingerprint density at radius 3 is 2.39 bits per heavy atom. The first kappa shape index (κ1) is 24.5. The lowest BCUT2D eigenvalue weighted by Gasteiger charge is -2.19. The van der Waals surface area contributed by atoms with Gasteiger partial charge in [0.15, 0.2) is 16.6 Å². The van der Waals surface area contributed by atoms with Crippen LogP contribution in [0, 0.1) is 0 Å². The summed E-state index contributed by atoms with van der Waals surface area (Å²) in [5.74, 6) is 0.792. The Labute approximate surface area is 205 Å². The van der Waals surface area contributed by atoms with Crippen LogP contribution in [0.25, 0.3) is 6.08 Å². The molecular formula is C23H23BrN2O6S. The van der Waals surface area contributed by atoms with Gasteiger partial charge in [-0.2, -0.15) is 0 Å². The van der Waals surface area contributed by atoms with Gasteiger partial charge in [0.2, 0.25) is 0 Å². The second kappa shape index (κ2) is 10.7. The topological polar surface area (TPSA) is 77.5 Å². The van der Waals surface area contributed by atoms with E-state index < -0.39 is 5.97 Å². The number of esters is 1. The van der Waals surface area contributed by atoms with E-state index in [1.54, 1.807) is 49.6 Å². The highest BCUT2D eigenvalue weighted by atomic mass is 79.9. The Morgan fingerprint density at radius 1 is 1.12 bits per heavy atom. The molecule has 1 saturated heterocycles. The van der Waals surface area contributed by atoms with Gasteiger partial charge in [-0.15, -0.1) is 0 Å². The van der Waals surface area contributed by atoms with Crippen LogP contribution in [0.5, 0.6) is 17.2 Å². The van der Waals surface area contributed by atoms with Gasteiger partial charge in [-0.25, -0.2) is 0 Å². The van der Waals surface area contributed by atoms with Gasteiger partial charge < -0.3 is 23.8 Å². The Morgan fingerprint density at radius 2 is 1.82 bits per heavy atom. The van der Waals surface area contributed by atoms with E-state index in [1.165, 1.54) is 24.0 Å². The minimum atomic E-state index is -0.530. The number of hydrogen-bond acceptors (Lipinski definition) is 7. The molecular weight excluding hydrogens is 512 g/mol. The average Bonchev–Trinajstić information content (AvgIpc) is 3.04. The Balaban J connectivity index is 2.07. The summed E-state index contributed by atoms with van der Waals surface area (Å²) in [6, 6.07) is 10.4. The number of nitrogens with zero attached hydrogens (tertiary/aromatic N) is 2. The van der Waals surface area contributed by atoms with Gasteiger partial charge in [-0.1, -0.05) is 0 Å². The molecule has 0 saturated carbocycles. The van der Waals surface area contributed by atoms with Crippen molar-refractivity contribution in [3.05, 3.63) is 52.1 Å². The highest BCUT2D eigenvalue weighted by molar-refractivity contribution is 9.10. The van der Waals surface area contributed by atoms with Crippen LogP contribution in [-0.2, 0) is 14.3 Å². The molecule has 0 bridgehead atoms. The number of carbonyl (C=O) groups is 2. The van der Waals surface area contributed by atoms with Crippen molar-refractivity contribution in [2.45, 2.75) is 6.92 Å². The maximum Gasteiger partial charge on any atom is 0.325 e. The Hall–Kier alpha value is -3.11. The van der Waals surface area contributed by atoms with Crippen LogP contribution in [-0.4, -0.2) is 56.4 Å². The quantitative estimate of drug-likeness (QED) is 0.285. The van der Waals surface area contributed by atoms with E-state index in [1.807, 2.05) is 6.92 Å². The number of anilines is 1. The third kappa shape index (κ3) is 5.12. The zero-order chi connectivity index (χ0) is 24.1. The third-order valence-corrected chi connectivity index (χ3v) is 5.82. The second-order valence-corrected chi connectivity index (χ2v) is 8.00. The molecule has 33 heavy (non-hydrogen) atoms. The first-order valence-corrected chi connectivity index (χ1v) is 11.1. The monoisotopic (exact) mass is 534 g/mol. The van der Waals surface area contributed by atoms with Crippen molar-refractivity contribution in [1.82, 2.24) is 4.90 Å². The molecule has 1 aliphatic rings. The van der Waals surface area contributed by atoms with Crippen LogP contribution >= 0.6 is 28.1 Å². The van der Waals surface area contributed by atoms with Gasteiger partial charge >= 0.3 is 5.97 Å². The van der Waals surface area contributed by atoms with Crippen LogP contribution in [0.1, 0.15) is 12.5 Å². The maximum atomic E-state index is 13.4. The molecule has 0 aliphatic carbocycles. The molecule has 8 nitrogen and oxygen atoms in total. The maximum absolute atomic E-state index is 13.4. The number of rotatable bonds is 8. The van der Waals surface area contributed by atoms with Gasteiger partial charge in [0.05, 0.1) is 38.1 Å². The van der Waals surface area contributed by atoms with Crippen molar-refractivity contribution in [2.75, 3.05) is 39.4 Å². The first-order chi connectivity index (χ1) is 15.8. The van der Waals surface area contributed by atoms with Crippen LogP contribution in [0.15, 0.2) is 46.6 Å². The van der Waals surface area contributed by atoms with E-state index in [9.17, 15) is 9.59 Å². The SMILES string of the molecule is CCOc1c(Br)cc(/C=C2/C(=O)N(c3ccc(OC)cc3)C(=S)N2CC(=O)OC)cc1OC. The largest absolute Gasteiger partial charge is 0.497 e. The predicted octanol–water partition coefficient (Wildman–Crippen LogP) is 4.01. The lowest BCUT2D eigenvalue weighted by Crippen LogP contribution is -2.35. The molecule has 0 spiro atoms. The lowest BCUT2D eigenvalue weighted by atomic mass is 10.1. The summed E-state index contributed by atoms with van der Waals surface area (Å²) >= 11 is 9.06. The summed E-state index contributed by atoms with van der Waals surface area (Å²) in [5, 5.41) is 0.166. The van der Waals surface area contributed by atoms with Crippen molar-refractivity contribution in [1.29, 1.82) is 0 Å². The smallest absolute Gasteiger partial charge is 0.325 e. The van der Waals surface area contributed by atoms with Crippen LogP contribution in [0.3, 0.4) is 0 Å². The molecule has 0 atom stereocenters. The summed E-state index contributed by atoms with van der Waals surface area (Å²) in [4.78, 5) is 28.3. The lowest BCUT2D eigenvalue weighted by molar-refractivity contribution is -0.140. The standard InChI is InChI=1S/C23H23BrN2O6S/c1-5-32-21-17(24)10-14(12-19(21)30-3)11-18-22(28)26(15-6-8-16(29-2)9-7-15)23(33)25(18)13-20(27)31-4/h6-12H,5,13H2,1-4H3/b18-11-. The molecule has 0 unspecified atom stereocenters. The molecule has 0 radical (unpaired) electrons. The summed E-state index contributed by atoms with van der Waals surface area (Å²) in [6.07, 6.45) is 1.64. The molecule has 3 rings (SSSR count). The number of methoxy groups -OCH3 is 3. The van der Waals surface area contributed by atoms with Gasteiger partial charge in [0.25, 0.3) is 5.91 Å². The van der Waals surface area contributed by atoms with Crippen molar-refractivity contribution in [3.63, 3.8) is 0 Å². The van der Waals surface area contributed by atoms with Gasteiger partial charge in [-0.05, 0) is 83.1 Å². The van der Waals surface area contributed by atoms with Gasteiger partial charge in [0.1, 0.15) is 18.0 Å². The molecule has 1 fully saturated rings. The van der Waals surface area contributed by atoms with E-state index in [0.29, 0.717) is 39.6 Å². The van der Waals surface area contributed by atoms with Crippen LogP contribution in [0.2, 0.25) is 0 Å². The third-order valence-electron chi connectivity index (χ3n) is 4.82. The number of carbonyl (C=O) groups excluding carboxylic acids is 2. The second-order valence-electron chi connectivity index (χ2n) is 6.78. The molecule has 2 aromatic carbocycles. The summed E-state index contributed by atoms with van der Waals surface area (Å²) in [5.41, 5.74) is 1.42.